The standard InChI is InChI=1S/C5H10F2O/c1-5(2,7)4(6)3-8/h4,8H,3H2,1-2H3. The Morgan fingerprint density at radius 3 is 2.00 bits per heavy atom. The molecule has 1 unspecified atom stereocenters. The van der Waals surface area contributed by atoms with Crippen LogP contribution in [-0.2, 0) is 0 Å². The van der Waals surface area contributed by atoms with Crippen molar-refractivity contribution in [3.05, 3.63) is 0 Å². The highest BCUT2D eigenvalue weighted by molar-refractivity contribution is 4.75. The van der Waals surface area contributed by atoms with Crippen LogP contribution in [-0.4, -0.2) is 23.6 Å². The summed E-state index contributed by atoms with van der Waals surface area (Å²) in [5.74, 6) is 0. The van der Waals surface area contributed by atoms with Gasteiger partial charge in [-0.05, 0) is 13.8 Å². The third-order valence-electron chi connectivity index (χ3n) is 0.905. The van der Waals surface area contributed by atoms with Crippen molar-refractivity contribution in [2.24, 2.45) is 0 Å². The fraction of sp³-hybridized carbons (Fsp3) is 1.00. The van der Waals surface area contributed by atoms with Gasteiger partial charge in [0.15, 0.2) is 6.17 Å². The number of rotatable bonds is 2. The van der Waals surface area contributed by atoms with E-state index >= 15 is 0 Å². The van der Waals surface area contributed by atoms with Crippen LogP contribution in [0.1, 0.15) is 13.8 Å². The summed E-state index contributed by atoms with van der Waals surface area (Å²) in [7, 11) is 0. The van der Waals surface area contributed by atoms with Crippen LogP contribution in [0.25, 0.3) is 0 Å². The maximum absolute atomic E-state index is 12.2. The van der Waals surface area contributed by atoms with Crippen LogP contribution in [0, 0.1) is 0 Å². The number of aliphatic hydroxyl groups excluding tert-OH is 1. The molecular formula is C5H10F2O. The van der Waals surface area contributed by atoms with Crippen molar-refractivity contribution in [1.29, 1.82) is 0 Å². The minimum absolute atomic E-state index is 0.747. The van der Waals surface area contributed by atoms with Crippen LogP contribution in [0.5, 0.6) is 0 Å². The van der Waals surface area contributed by atoms with Gasteiger partial charge < -0.3 is 5.11 Å². The highest BCUT2D eigenvalue weighted by atomic mass is 19.2. The average Bonchev–Trinajstić information content (AvgIpc) is 1.62. The van der Waals surface area contributed by atoms with Crippen molar-refractivity contribution in [1.82, 2.24) is 0 Å². The van der Waals surface area contributed by atoms with Gasteiger partial charge in [0.05, 0.1) is 6.61 Å². The quantitative estimate of drug-likeness (QED) is 0.583. The van der Waals surface area contributed by atoms with E-state index in [0.29, 0.717) is 0 Å². The molecule has 0 radical (unpaired) electrons. The first-order valence-corrected chi connectivity index (χ1v) is 2.42. The van der Waals surface area contributed by atoms with E-state index in [0.717, 1.165) is 13.8 Å². The zero-order valence-corrected chi connectivity index (χ0v) is 4.99. The molecule has 1 atom stereocenters. The highest BCUT2D eigenvalue weighted by Gasteiger charge is 2.27. The molecule has 0 aliphatic heterocycles. The van der Waals surface area contributed by atoms with Gasteiger partial charge in [-0.25, -0.2) is 8.78 Å². The maximum Gasteiger partial charge on any atom is 0.156 e. The van der Waals surface area contributed by atoms with Crippen LogP contribution < -0.4 is 0 Å². The lowest BCUT2D eigenvalue weighted by Crippen LogP contribution is -2.30. The second-order valence-corrected chi connectivity index (χ2v) is 2.21. The smallest absolute Gasteiger partial charge is 0.156 e. The Labute approximate surface area is 47.3 Å². The monoisotopic (exact) mass is 124 g/mol. The third kappa shape index (κ3) is 2.21. The predicted molar refractivity (Wildman–Crippen MR) is 27.2 cm³/mol. The van der Waals surface area contributed by atoms with Gasteiger partial charge in [-0.2, -0.15) is 0 Å². The van der Waals surface area contributed by atoms with Gasteiger partial charge >= 0.3 is 0 Å². The second kappa shape index (κ2) is 2.40. The Kier molecular flexibility index (Phi) is 2.34. The van der Waals surface area contributed by atoms with E-state index in [9.17, 15) is 8.78 Å². The molecule has 1 N–H and O–H groups in total. The van der Waals surface area contributed by atoms with E-state index in [4.69, 9.17) is 5.11 Å². The Morgan fingerprint density at radius 2 is 2.00 bits per heavy atom. The number of hydrogen-bond donors (Lipinski definition) is 1. The number of halogens is 2. The average molecular weight is 124 g/mol. The van der Waals surface area contributed by atoms with Gasteiger partial charge in [0.25, 0.3) is 0 Å². The summed E-state index contributed by atoms with van der Waals surface area (Å²) in [6, 6.07) is 0. The first-order valence-electron chi connectivity index (χ1n) is 2.42. The zero-order valence-electron chi connectivity index (χ0n) is 4.99. The topological polar surface area (TPSA) is 20.2 Å². The van der Waals surface area contributed by atoms with E-state index in [2.05, 4.69) is 0 Å². The van der Waals surface area contributed by atoms with E-state index < -0.39 is 18.4 Å². The summed E-state index contributed by atoms with van der Waals surface area (Å²) >= 11 is 0. The predicted octanol–water partition coefficient (Wildman–Crippen LogP) is 1.06. The first kappa shape index (κ1) is 7.82. The molecule has 0 aliphatic carbocycles. The van der Waals surface area contributed by atoms with E-state index in [1.54, 1.807) is 0 Å². The Morgan fingerprint density at radius 1 is 1.62 bits per heavy atom. The summed E-state index contributed by atoms with van der Waals surface area (Å²) in [5, 5.41) is 8.06. The lowest BCUT2D eigenvalue weighted by atomic mass is 10.1. The molecule has 0 saturated heterocycles. The zero-order chi connectivity index (χ0) is 6.78. The maximum atomic E-state index is 12.2. The Hall–Kier alpha value is -0.180. The number of aliphatic hydroxyl groups is 1. The van der Waals surface area contributed by atoms with Gasteiger partial charge in [0, 0.05) is 0 Å². The molecule has 8 heavy (non-hydrogen) atoms. The first-order chi connectivity index (χ1) is 3.48. The number of alkyl halides is 2. The second-order valence-electron chi connectivity index (χ2n) is 2.21. The minimum Gasteiger partial charge on any atom is -0.393 e. The molecule has 0 aromatic heterocycles. The van der Waals surface area contributed by atoms with Crippen molar-refractivity contribution in [2.75, 3.05) is 6.61 Å². The summed E-state index contributed by atoms with van der Waals surface area (Å²) in [6.45, 7) is 1.44. The molecule has 0 bridgehead atoms. The molecular weight excluding hydrogens is 114 g/mol. The van der Waals surface area contributed by atoms with Crippen molar-refractivity contribution >= 4 is 0 Å². The molecule has 0 aromatic carbocycles. The van der Waals surface area contributed by atoms with Crippen molar-refractivity contribution in [3.8, 4) is 0 Å². The lowest BCUT2D eigenvalue weighted by molar-refractivity contribution is 0.0407. The van der Waals surface area contributed by atoms with Crippen LogP contribution >= 0.6 is 0 Å². The minimum atomic E-state index is -1.91. The van der Waals surface area contributed by atoms with Gasteiger partial charge in [-0.15, -0.1) is 0 Å². The lowest BCUT2D eigenvalue weighted by Gasteiger charge is -2.16. The fourth-order valence-corrected chi connectivity index (χ4v) is 0.217. The molecule has 0 rings (SSSR count). The summed E-state index contributed by atoms with van der Waals surface area (Å²) in [5.41, 5.74) is -1.91. The molecule has 3 heteroatoms. The molecule has 50 valence electrons. The summed E-state index contributed by atoms with van der Waals surface area (Å²) in [6.07, 6.45) is -1.76. The normalized spacial score (nSPS) is 16.1. The van der Waals surface area contributed by atoms with Crippen LogP contribution in [0.4, 0.5) is 8.78 Å². The SMILES string of the molecule is CC(C)(F)C(F)CO. The van der Waals surface area contributed by atoms with Gasteiger partial charge in [0.2, 0.25) is 0 Å². The van der Waals surface area contributed by atoms with Crippen LogP contribution in [0.15, 0.2) is 0 Å². The highest BCUT2D eigenvalue weighted by Crippen LogP contribution is 2.16. The van der Waals surface area contributed by atoms with E-state index in [1.807, 2.05) is 0 Å². The molecule has 0 spiro atoms. The van der Waals surface area contributed by atoms with Crippen molar-refractivity contribution < 1.29 is 13.9 Å². The molecule has 0 fully saturated rings. The van der Waals surface area contributed by atoms with Gasteiger partial charge in [0.1, 0.15) is 5.67 Å². The fourth-order valence-electron chi connectivity index (χ4n) is 0.217. The molecule has 1 nitrogen and oxygen atoms in total. The van der Waals surface area contributed by atoms with E-state index in [1.165, 1.54) is 0 Å². The van der Waals surface area contributed by atoms with Crippen molar-refractivity contribution in [2.45, 2.75) is 25.7 Å². The molecule has 0 aliphatic rings. The summed E-state index contributed by atoms with van der Waals surface area (Å²) in [4.78, 5) is 0. The Bertz CT molecular complexity index is 67.3. The van der Waals surface area contributed by atoms with Crippen LogP contribution in [0.3, 0.4) is 0 Å². The van der Waals surface area contributed by atoms with Gasteiger partial charge in [-0.1, -0.05) is 0 Å². The van der Waals surface area contributed by atoms with E-state index in [-0.39, 0.29) is 0 Å². The third-order valence-corrected chi connectivity index (χ3v) is 0.905. The number of hydrogen-bond acceptors (Lipinski definition) is 1. The molecule has 0 aromatic rings. The molecule has 0 amide bonds. The Balaban J connectivity index is 3.62. The van der Waals surface area contributed by atoms with Gasteiger partial charge in [-0.3, -0.25) is 0 Å². The molecule has 0 saturated carbocycles. The largest absolute Gasteiger partial charge is 0.393 e. The van der Waals surface area contributed by atoms with Crippen molar-refractivity contribution in [3.63, 3.8) is 0 Å². The molecule has 0 heterocycles. The summed E-state index contributed by atoms with van der Waals surface area (Å²) < 4.78 is 24.3. The van der Waals surface area contributed by atoms with Crippen LogP contribution in [0.2, 0.25) is 0 Å².